The molecule has 56 heavy (non-hydrogen) atoms. The molecule has 0 radical (unpaired) electrons. The van der Waals surface area contributed by atoms with Gasteiger partial charge < -0.3 is 8.83 Å². The number of aromatic nitrogens is 5. The van der Waals surface area contributed by atoms with Gasteiger partial charge in [-0.15, -0.1) is 0 Å². The highest BCUT2D eigenvalue weighted by Crippen LogP contribution is 2.39. The van der Waals surface area contributed by atoms with Crippen molar-refractivity contribution in [3.63, 3.8) is 0 Å². The van der Waals surface area contributed by atoms with Crippen molar-refractivity contribution < 1.29 is 8.83 Å². The fourth-order valence-electron chi connectivity index (χ4n) is 7.39. The highest BCUT2D eigenvalue weighted by atomic mass is 16.3. The summed E-state index contributed by atoms with van der Waals surface area (Å²) >= 11 is 0. The van der Waals surface area contributed by atoms with Crippen LogP contribution in [-0.2, 0) is 0 Å². The second kappa shape index (κ2) is 13.0. The molecule has 0 aliphatic rings. The van der Waals surface area contributed by atoms with Gasteiger partial charge in [0.05, 0.1) is 0 Å². The van der Waals surface area contributed by atoms with E-state index in [0.29, 0.717) is 34.6 Å². The molecule has 0 aliphatic carbocycles. The molecule has 0 unspecified atom stereocenters. The molecule has 0 atom stereocenters. The lowest BCUT2D eigenvalue weighted by Crippen LogP contribution is -2.00. The number of benzene rings is 7. The molecule has 0 N–H and O–H groups in total. The molecule has 7 nitrogen and oxygen atoms in total. The van der Waals surface area contributed by atoms with E-state index in [1.54, 1.807) is 0 Å². The SMILES string of the molecule is c1ccc(-c2cccc(-c3nc(-c4ccccc4)nc(-c4ccc5oc6cc(-c7nc(-c8ccccc8)nc8c7oc7ccccc78)ccc6c5c4)n3)c2)cc1. The average molecular weight is 720 g/mol. The fourth-order valence-corrected chi connectivity index (χ4v) is 7.39. The number of hydrogen-bond donors (Lipinski definition) is 0. The number of nitrogens with zero attached hydrogens (tertiary/aromatic N) is 5. The summed E-state index contributed by atoms with van der Waals surface area (Å²) in [6.07, 6.45) is 0. The quantitative estimate of drug-likeness (QED) is 0.169. The summed E-state index contributed by atoms with van der Waals surface area (Å²) in [4.78, 5) is 25.1. The van der Waals surface area contributed by atoms with Gasteiger partial charge in [-0.25, -0.2) is 24.9 Å². The highest BCUT2D eigenvalue weighted by molar-refractivity contribution is 6.10. The zero-order valence-electron chi connectivity index (χ0n) is 29.8. The lowest BCUT2D eigenvalue weighted by Gasteiger charge is -2.10. The average Bonchev–Trinajstić information content (AvgIpc) is 3.84. The summed E-state index contributed by atoms with van der Waals surface area (Å²) in [5.41, 5.74) is 11.1. The van der Waals surface area contributed by atoms with Gasteiger partial charge in [0.1, 0.15) is 28.0 Å². The van der Waals surface area contributed by atoms with E-state index < -0.39 is 0 Å². The third-order valence-corrected chi connectivity index (χ3v) is 10.1. The second-order valence-electron chi connectivity index (χ2n) is 13.7. The topological polar surface area (TPSA) is 90.7 Å². The maximum atomic E-state index is 6.51. The van der Waals surface area contributed by atoms with Gasteiger partial charge in [-0.1, -0.05) is 127 Å². The Labute approximate surface area is 320 Å². The number of para-hydroxylation sites is 1. The van der Waals surface area contributed by atoms with Crippen molar-refractivity contribution in [3.8, 4) is 67.9 Å². The Morgan fingerprint density at radius 2 is 0.839 bits per heavy atom. The van der Waals surface area contributed by atoms with Crippen LogP contribution in [0.5, 0.6) is 0 Å². The van der Waals surface area contributed by atoms with Gasteiger partial charge in [-0.05, 0) is 59.7 Å². The monoisotopic (exact) mass is 719 g/mol. The third kappa shape index (κ3) is 5.49. The van der Waals surface area contributed by atoms with Gasteiger partial charge in [0.25, 0.3) is 0 Å². The first-order valence-electron chi connectivity index (χ1n) is 18.4. The van der Waals surface area contributed by atoms with Crippen LogP contribution in [0.25, 0.3) is 112 Å². The minimum Gasteiger partial charge on any atom is -0.456 e. The van der Waals surface area contributed by atoms with Gasteiger partial charge in [-0.3, -0.25) is 0 Å². The van der Waals surface area contributed by atoms with Gasteiger partial charge in [0.15, 0.2) is 28.9 Å². The molecule has 0 spiro atoms. The van der Waals surface area contributed by atoms with E-state index in [1.165, 1.54) is 0 Å². The second-order valence-corrected chi connectivity index (χ2v) is 13.7. The van der Waals surface area contributed by atoms with E-state index in [2.05, 4.69) is 42.5 Å². The van der Waals surface area contributed by atoms with Crippen LogP contribution in [0.2, 0.25) is 0 Å². The van der Waals surface area contributed by atoms with E-state index in [0.717, 1.165) is 77.4 Å². The highest BCUT2D eigenvalue weighted by Gasteiger charge is 2.20. The number of rotatable bonds is 6. The van der Waals surface area contributed by atoms with Crippen LogP contribution in [0.1, 0.15) is 0 Å². The number of hydrogen-bond acceptors (Lipinski definition) is 7. The van der Waals surface area contributed by atoms with Gasteiger partial charge in [-0.2, -0.15) is 0 Å². The standard InChI is InChI=1S/C49H29N5O2/c1-4-13-30(14-5-1)33-19-12-20-35(27-33)48-52-47(32-17-8-3-9-18-32)53-49(54-48)36-24-26-41-39(28-36)37-25-23-34(29-42(37)55-41)43-45-44(38-21-10-11-22-40(38)56-45)51-46(50-43)31-15-6-2-7-16-31/h1-29H. The van der Waals surface area contributed by atoms with Crippen LogP contribution in [0.15, 0.2) is 185 Å². The summed E-state index contributed by atoms with van der Waals surface area (Å²) in [6.45, 7) is 0. The van der Waals surface area contributed by atoms with Crippen molar-refractivity contribution in [1.82, 2.24) is 24.9 Å². The van der Waals surface area contributed by atoms with E-state index in [9.17, 15) is 0 Å². The summed E-state index contributed by atoms with van der Waals surface area (Å²) in [6, 6.07) is 59.0. The molecule has 0 bridgehead atoms. The molecule has 11 rings (SSSR count). The molecular weight excluding hydrogens is 691 g/mol. The van der Waals surface area contributed by atoms with Crippen molar-refractivity contribution in [2.75, 3.05) is 0 Å². The Hall–Kier alpha value is -7.77. The Kier molecular flexibility index (Phi) is 7.35. The zero-order valence-corrected chi connectivity index (χ0v) is 29.8. The van der Waals surface area contributed by atoms with Crippen LogP contribution < -0.4 is 0 Å². The van der Waals surface area contributed by atoms with Crippen LogP contribution in [0.3, 0.4) is 0 Å². The van der Waals surface area contributed by atoms with E-state index in [1.807, 2.05) is 133 Å². The summed E-state index contributed by atoms with van der Waals surface area (Å²) < 4.78 is 12.9. The Morgan fingerprint density at radius 3 is 1.57 bits per heavy atom. The molecule has 4 heterocycles. The van der Waals surface area contributed by atoms with E-state index in [-0.39, 0.29) is 0 Å². The third-order valence-electron chi connectivity index (χ3n) is 10.1. The normalized spacial score (nSPS) is 11.6. The van der Waals surface area contributed by atoms with E-state index in [4.69, 9.17) is 33.8 Å². The predicted octanol–water partition coefficient (Wildman–Crippen LogP) is 12.5. The predicted molar refractivity (Wildman–Crippen MR) is 223 cm³/mol. The smallest absolute Gasteiger partial charge is 0.180 e. The fraction of sp³-hybridized carbons (Fsp3) is 0. The molecule has 0 saturated carbocycles. The Morgan fingerprint density at radius 1 is 0.286 bits per heavy atom. The maximum Gasteiger partial charge on any atom is 0.180 e. The Balaban J connectivity index is 1.04. The molecule has 4 aromatic heterocycles. The van der Waals surface area contributed by atoms with Crippen LogP contribution >= 0.6 is 0 Å². The minimum absolute atomic E-state index is 0.577. The van der Waals surface area contributed by atoms with Gasteiger partial charge in [0, 0.05) is 44.0 Å². The van der Waals surface area contributed by atoms with Crippen molar-refractivity contribution in [2.45, 2.75) is 0 Å². The summed E-state index contributed by atoms with van der Waals surface area (Å²) in [7, 11) is 0. The van der Waals surface area contributed by atoms with E-state index >= 15 is 0 Å². The minimum atomic E-state index is 0.577. The molecule has 0 amide bonds. The first-order valence-corrected chi connectivity index (χ1v) is 18.4. The van der Waals surface area contributed by atoms with Crippen LogP contribution in [0, 0.1) is 0 Å². The van der Waals surface area contributed by atoms with Crippen molar-refractivity contribution in [2.24, 2.45) is 0 Å². The Bertz CT molecular complexity index is 3250. The molecule has 0 saturated heterocycles. The molecule has 0 fully saturated rings. The first kappa shape index (κ1) is 31.7. The lowest BCUT2D eigenvalue weighted by molar-refractivity contribution is 0.666. The zero-order chi connectivity index (χ0) is 37.0. The summed E-state index contributed by atoms with van der Waals surface area (Å²) in [5.74, 6) is 2.42. The first-order chi connectivity index (χ1) is 27.7. The van der Waals surface area contributed by atoms with Gasteiger partial charge >= 0.3 is 0 Å². The molecule has 0 aliphatic heterocycles. The number of furan rings is 2. The van der Waals surface area contributed by atoms with Crippen molar-refractivity contribution >= 4 is 44.0 Å². The largest absolute Gasteiger partial charge is 0.456 e. The molecule has 262 valence electrons. The molecule has 7 aromatic carbocycles. The van der Waals surface area contributed by atoms with Crippen LogP contribution in [-0.4, -0.2) is 24.9 Å². The van der Waals surface area contributed by atoms with Crippen molar-refractivity contribution in [3.05, 3.63) is 176 Å². The lowest BCUT2D eigenvalue weighted by atomic mass is 10.0. The van der Waals surface area contributed by atoms with Gasteiger partial charge in [0.2, 0.25) is 0 Å². The van der Waals surface area contributed by atoms with Crippen LogP contribution in [0.4, 0.5) is 0 Å². The molecular formula is C49H29N5O2. The summed E-state index contributed by atoms with van der Waals surface area (Å²) in [5, 5.41) is 2.87. The number of fused-ring (bicyclic) bond motifs is 6. The maximum absolute atomic E-state index is 6.51. The molecule has 11 aromatic rings. The van der Waals surface area contributed by atoms with Crippen molar-refractivity contribution in [1.29, 1.82) is 0 Å². The molecule has 7 heteroatoms.